The molecule has 3 nitrogen and oxygen atoms in total. The molecule has 0 aliphatic heterocycles. The van der Waals surface area contributed by atoms with Gasteiger partial charge in [-0.25, -0.2) is 0 Å². The van der Waals surface area contributed by atoms with Gasteiger partial charge in [-0.1, -0.05) is 40.2 Å². The summed E-state index contributed by atoms with van der Waals surface area (Å²) >= 11 is 3.52. The van der Waals surface area contributed by atoms with Crippen LogP contribution in [0.25, 0.3) is 0 Å². The predicted molar refractivity (Wildman–Crippen MR) is 102 cm³/mol. The van der Waals surface area contributed by atoms with E-state index in [2.05, 4.69) is 15.9 Å². The Morgan fingerprint density at radius 1 is 1.08 bits per heavy atom. The molecule has 1 atom stereocenters. The second kappa shape index (κ2) is 8.88. The number of phenols is 1. The van der Waals surface area contributed by atoms with E-state index in [0.29, 0.717) is 13.1 Å². The maximum atomic E-state index is 12.4. The van der Waals surface area contributed by atoms with Crippen molar-refractivity contribution in [2.24, 2.45) is 0 Å². The van der Waals surface area contributed by atoms with Gasteiger partial charge in [-0.2, -0.15) is 0 Å². The molecular weight excluding hydrogens is 366 g/mol. The highest BCUT2D eigenvalue weighted by atomic mass is 79.9. The van der Waals surface area contributed by atoms with E-state index in [1.54, 1.807) is 6.07 Å². The lowest BCUT2D eigenvalue weighted by atomic mass is 9.88. The number of hydrogen-bond donors (Lipinski definition) is 1. The van der Waals surface area contributed by atoms with Gasteiger partial charge in [0.15, 0.2) is 0 Å². The lowest BCUT2D eigenvalue weighted by Crippen LogP contribution is -2.30. The largest absolute Gasteiger partial charge is 0.508 e. The summed E-state index contributed by atoms with van der Waals surface area (Å²) in [6.07, 6.45) is 0.923. The molecule has 0 radical (unpaired) electrons. The number of amides is 1. The molecule has 0 aliphatic rings. The van der Waals surface area contributed by atoms with Crippen molar-refractivity contribution in [3.63, 3.8) is 0 Å². The summed E-state index contributed by atoms with van der Waals surface area (Å²) in [5.41, 5.74) is 2.95. The molecule has 4 heteroatoms. The van der Waals surface area contributed by atoms with E-state index in [0.717, 1.165) is 28.4 Å². The summed E-state index contributed by atoms with van der Waals surface area (Å²) in [6.45, 7) is 5.41. The molecular formula is C20H24BrNO2. The van der Waals surface area contributed by atoms with Gasteiger partial charge in [0.05, 0.1) is 0 Å². The fourth-order valence-corrected chi connectivity index (χ4v) is 3.39. The van der Waals surface area contributed by atoms with Crippen molar-refractivity contribution in [1.82, 2.24) is 4.90 Å². The van der Waals surface area contributed by atoms with Crippen LogP contribution in [0, 0.1) is 0 Å². The predicted octanol–water partition coefficient (Wildman–Crippen LogP) is 4.79. The van der Waals surface area contributed by atoms with Crippen LogP contribution in [0.5, 0.6) is 5.75 Å². The van der Waals surface area contributed by atoms with Crippen LogP contribution < -0.4 is 0 Å². The molecule has 1 amide bonds. The number of alkyl halides is 1. The number of carbonyl (C=O) groups excluding carboxylic acids is 1. The van der Waals surface area contributed by atoms with Crippen molar-refractivity contribution >= 4 is 21.8 Å². The molecule has 1 unspecified atom stereocenters. The zero-order chi connectivity index (χ0) is 17.5. The SMILES string of the molecule is CCN(CC)C(=O)c1ccc(C(CCBr)c2cccc(O)c2)cc1. The molecule has 0 aliphatic carbocycles. The number of aromatic hydroxyl groups is 1. The lowest BCUT2D eigenvalue weighted by Gasteiger charge is -2.20. The van der Waals surface area contributed by atoms with Crippen LogP contribution in [-0.2, 0) is 0 Å². The summed E-state index contributed by atoms with van der Waals surface area (Å²) in [4.78, 5) is 14.2. The Morgan fingerprint density at radius 2 is 1.75 bits per heavy atom. The highest BCUT2D eigenvalue weighted by Gasteiger charge is 2.16. The second-order valence-electron chi connectivity index (χ2n) is 5.72. The first-order chi connectivity index (χ1) is 11.6. The molecule has 0 aromatic heterocycles. The van der Waals surface area contributed by atoms with Gasteiger partial charge in [0.1, 0.15) is 5.75 Å². The minimum atomic E-state index is 0.0703. The molecule has 1 N–H and O–H groups in total. The zero-order valence-corrected chi connectivity index (χ0v) is 15.8. The smallest absolute Gasteiger partial charge is 0.253 e. The molecule has 24 heavy (non-hydrogen) atoms. The van der Waals surface area contributed by atoms with Crippen LogP contribution in [0.4, 0.5) is 0 Å². The fourth-order valence-electron chi connectivity index (χ4n) is 2.93. The van der Waals surface area contributed by atoms with Crippen LogP contribution in [-0.4, -0.2) is 34.3 Å². The molecule has 0 spiro atoms. The Balaban J connectivity index is 2.28. The maximum absolute atomic E-state index is 12.4. The van der Waals surface area contributed by atoms with Crippen molar-refractivity contribution in [2.75, 3.05) is 18.4 Å². The van der Waals surface area contributed by atoms with Gasteiger partial charge in [-0.15, -0.1) is 0 Å². The van der Waals surface area contributed by atoms with Crippen molar-refractivity contribution in [3.8, 4) is 5.75 Å². The summed E-state index contributed by atoms with van der Waals surface area (Å²) in [5, 5.41) is 10.6. The van der Waals surface area contributed by atoms with Crippen LogP contribution in [0.1, 0.15) is 47.7 Å². The van der Waals surface area contributed by atoms with E-state index < -0.39 is 0 Å². The number of carbonyl (C=O) groups is 1. The first kappa shape index (κ1) is 18.5. The summed E-state index contributed by atoms with van der Waals surface area (Å²) in [5.74, 6) is 0.537. The topological polar surface area (TPSA) is 40.5 Å². The quantitative estimate of drug-likeness (QED) is 0.691. The summed E-state index contributed by atoms with van der Waals surface area (Å²) in [7, 11) is 0. The van der Waals surface area contributed by atoms with Crippen LogP contribution in [0.3, 0.4) is 0 Å². The molecule has 2 aromatic rings. The van der Waals surface area contributed by atoms with Gasteiger partial charge >= 0.3 is 0 Å². The number of hydrogen-bond acceptors (Lipinski definition) is 2. The average Bonchev–Trinajstić information content (AvgIpc) is 2.61. The summed E-state index contributed by atoms with van der Waals surface area (Å²) < 4.78 is 0. The normalized spacial score (nSPS) is 12.0. The minimum absolute atomic E-state index is 0.0703. The van der Waals surface area contributed by atoms with E-state index in [4.69, 9.17) is 0 Å². The van der Waals surface area contributed by atoms with Gasteiger partial charge < -0.3 is 10.0 Å². The van der Waals surface area contributed by atoms with Gasteiger partial charge in [-0.05, 0) is 55.7 Å². The standard InChI is InChI=1S/C20H24BrNO2/c1-3-22(4-2)20(24)16-10-8-15(9-11-16)19(12-13-21)17-6-5-7-18(23)14-17/h5-11,14,19,23H,3-4,12-13H2,1-2H3. The van der Waals surface area contributed by atoms with Gasteiger partial charge in [0, 0.05) is 29.9 Å². The van der Waals surface area contributed by atoms with Crippen molar-refractivity contribution < 1.29 is 9.90 Å². The number of halogens is 1. The van der Waals surface area contributed by atoms with Crippen molar-refractivity contribution in [1.29, 1.82) is 0 Å². The van der Waals surface area contributed by atoms with E-state index in [1.807, 2.05) is 61.2 Å². The first-order valence-electron chi connectivity index (χ1n) is 8.34. The van der Waals surface area contributed by atoms with Crippen LogP contribution in [0.15, 0.2) is 48.5 Å². The van der Waals surface area contributed by atoms with E-state index in [-0.39, 0.29) is 17.6 Å². The highest BCUT2D eigenvalue weighted by Crippen LogP contribution is 2.30. The Morgan fingerprint density at radius 3 is 2.29 bits per heavy atom. The maximum Gasteiger partial charge on any atom is 0.253 e. The fraction of sp³-hybridized carbons (Fsp3) is 0.350. The first-order valence-corrected chi connectivity index (χ1v) is 9.47. The highest BCUT2D eigenvalue weighted by molar-refractivity contribution is 9.09. The Hall–Kier alpha value is -1.81. The number of nitrogens with zero attached hydrogens (tertiary/aromatic N) is 1. The van der Waals surface area contributed by atoms with Crippen molar-refractivity contribution in [3.05, 3.63) is 65.2 Å². The van der Waals surface area contributed by atoms with Crippen LogP contribution >= 0.6 is 15.9 Å². The van der Waals surface area contributed by atoms with Crippen molar-refractivity contribution in [2.45, 2.75) is 26.2 Å². The third-order valence-electron chi connectivity index (χ3n) is 4.28. The molecule has 0 fully saturated rings. The molecule has 0 saturated carbocycles. The summed E-state index contributed by atoms with van der Waals surface area (Å²) in [6, 6.07) is 15.2. The molecule has 0 saturated heterocycles. The minimum Gasteiger partial charge on any atom is -0.508 e. The average molecular weight is 390 g/mol. The van der Waals surface area contributed by atoms with E-state index in [1.165, 1.54) is 0 Å². The Bertz CT molecular complexity index is 666. The Labute approximate surface area is 152 Å². The second-order valence-corrected chi connectivity index (χ2v) is 6.52. The van der Waals surface area contributed by atoms with Crippen LogP contribution in [0.2, 0.25) is 0 Å². The number of benzene rings is 2. The zero-order valence-electron chi connectivity index (χ0n) is 14.2. The van der Waals surface area contributed by atoms with Gasteiger partial charge in [0.2, 0.25) is 0 Å². The van der Waals surface area contributed by atoms with Gasteiger partial charge in [-0.3, -0.25) is 4.79 Å². The monoisotopic (exact) mass is 389 g/mol. The molecule has 0 bridgehead atoms. The molecule has 128 valence electrons. The third kappa shape index (κ3) is 4.38. The molecule has 2 rings (SSSR count). The number of rotatable bonds is 7. The Kier molecular flexibility index (Phi) is 6.85. The van der Waals surface area contributed by atoms with E-state index in [9.17, 15) is 9.90 Å². The molecule has 2 aromatic carbocycles. The lowest BCUT2D eigenvalue weighted by molar-refractivity contribution is 0.0773. The number of phenolic OH excluding ortho intramolecular Hbond substituents is 1. The van der Waals surface area contributed by atoms with E-state index >= 15 is 0 Å². The third-order valence-corrected chi connectivity index (χ3v) is 4.74. The molecule has 0 heterocycles. The van der Waals surface area contributed by atoms with Gasteiger partial charge in [0.25, 0.3) is 5.91 Å².